The van der Waals surface area contributed by atoms with E-state index in [1.54, 1.807) is 22.9 Å². The van der Waals surface area contributed by atoms with Crippen molar-refractivity contribution in [2.45, 2.75) is 32.7 Å². The molecule has 0 bridgehead atoms. The Bertz CT molecular complexity index is 861. The van der Waals surface area contributed by atoms with Crippen molar-refractivity contribution in [2.75, 3.05) is 33.0 Å². The number of rotatable bonds is 3. The lowest BCUT2D eigenvalue weighted by Gasteiger charge is -2.38. The SMILES string of the molecule is Cc1nn(-c2ccccc2F)c(C)c1C1COCCN1C(=O)C1CCOCC1. The first-order valence-corrected chi connectivity index (χ1v) is 9.85. The number of morpholine rings is 1. The van der Waals surface area contributed by atoms with Gasteiger partial charge >= 0.3 is 0 Å². The molecule has 0 N–H and O–H groups in total. The zero-order valence-corrected chi connectivity index (χ0v) is 16.4. The molecular weight excluding hydrogens is 361 g/mol. The van der Waals surface area contributed by atoms with Gasteiger partial charge in [0.15, 0.2) is 0 Å². The van der Waals surface area contributed by atoms with Crippen molar-refractivity contribution in [3.63, 3.8) is 0 Å². The van der Waals surface area contributed by atoms with E-state index in [2.05, 4.69) is 5.10 Å². The number of carbonyl (C=O) groups excluding carboxylic acids is 1. The van der Waals surface area contributed by atoms with Gasteiger partial charge in [0, 0.05) is 36.9 Å². The van der Waals surface area contributed by atoms with E-state index < -0.39 is 0 Å². The highest BCUT2D eigenvalue weighted by atomic mass is 19.1. The fraction of sp³-hybridized carbons (Fsp3) is 0.524. The number of hydrogen-bond donors (Lipinski definition) is 0. The Balaban J connectivity index is 1.68. The Morgan fingerprint density at radius 1 is 1.14 bits per heavy atom. The van der Waals surface area contributed by atoms with Crippen LogP contribution in [-0.2, 0) is 14.3 Å². The lowest BCUT2D eigenvalue weighted by molar-refractivity contribution is -0.147. The second-order valence-corrected chi connectivity index (χ2v) is 7.46. The Morgan fingerprint density at radius 2 is 1.89 bits per heavy atom. The zero-order valence-electron chi connectivity index (χ0n) is 16.4. The number of hydrogen-bond acceptors (Lipinski definition) is 4. The van der Waals surface area contributed by atoms with Crippen LogP contribution in [0.2, 0.25) is 0 Å². The van der Waals surface area contributed by atoms with Gasteiger partial charge in [0.2, 0.25) is 5.91 Å². The lowest BCUT2D eigenvalue weighted by Crippen LogP contribution is -2.47. The van der Waals surface area contributed by atoms with Crippen LogP contribution >= 0.6 is 0 Å². The van der Waals surface area contributed by atoms with Gasteiger partial charge in [-0.3, -0.25) is 4.79 Å². The number of halogens is 1. The number of aromatic nitrogens is 2. The first-order valence-electron chi connectivity index (χ1n) is 9.85. The summed E-state index contributed by atoms with van der Waals surface area (Å²) in [5.41, 5.74) is 2.99. The Labute approximate surface area is 164 Å². The van der Waals surface area contributed by atoms with E-state index in [-0.39, 0.29) is 23.7 Å². The van der Waals surface area contributed by atoms with Crippen molar-refractivity contribution >= 4 is 5.91 Å². The molecule has 0 radical (unpaired) electrons. The maximum Gasteiger partial charge on any atom is 0.226 e. The predicted molar refractivity (Wildman–Crippen MR) is 102 cm³/mol. The number of aryl methyl sites for hydroxylation is 1. The molecule has 2 saturated heterocycles. The summed E-state index contributed by atoms with van der Waals surface area (Å²) in [7, 11) is 0. The van der Waals surface area contributed by atoms with Crippen LogP contribution in [0.1, 0.15) is 35.8 Å². The van der Waals surface area contributed by atoms with Gasteiger partial charge in [-0.15, -0.1) is 0 Å². The molecule has 150 valence electrons. The van der Waals surface area contributed by atoms with Crippen LogP contribution in [0.5, 0.6) is 0 Å². The number of nitrogens with zero attached hydrogens (tertiary/aromatic N) is 3. The van der Waals surface area contributed by atoms with Crippen LogP contribution in [0.25, 0.3) is 5.69 Å². The summed E-state index contributed by atoms with van der Waals surface area (Å²) >= 11 is 0. The van der Waals surface area contributed by atoms with Gasteiger partial charge in [0.1, 0.15) is 11.5 Å². The quantitative estimate of drug-likeness (QED) is 0.813. The molecule has 1 unspecified atom stereocenters. The lowest BCUT2D eigenvalue weighted by atomic mass is 9.95. The molecule has 1 atom stereocenters. The van der Waals surface area contributed by atoms with Crippen LogP contribution in [0, 0.1) is 25.6 Å². The average Bonchev–Trinajstić information content (AvgIpc) is 3.02. The number of ether oxygens (including phenoxy) is 2. The number of para-hydroxylation sites is 1. The molecule has 2 aromatic rings. The third kappa shape index (κ3) is 3.44. The molecule has 2 aliphatic heterocycles. The van der Waals surface area contributed by atoms with Crippen LogP contribution in [-0.4, -0.2) is 53.6 Å². The third-order valence-corrected chi connectivity index (χ3v) is 5.74. The van der Waals surface area contributed by atoms with Gasteiger partial charge in [-0.25, -0.2) is 9.07 Å². The molecule has 1 amide bonds. The summed E-state index contributed by atoms with van der Waals surface area (Å²) < 4.78 is 27.1. The smallest absolute Gasteiger partial charge is 0.226 e. The van der Waals surface area contributed by atoms with E-state index in [9.17, 15) is 9.18 Å². The standard InChI is InChI=1S/C21H26FN3O3/c1-14-20(15(2)25(23-14)18-6-4-3-5-17(18)22)19-13-28-12-9-24(19)21(26)16-7-10-27-11-8-16/h3-6,16,19H,7-13H2,1-2H3. The fourth-order valence-corrected chi connectivity index (χ4v) is 4.28. The number of amides is 1. The summed E-state index contributed by atoms with van der Waals surface area (Å²) in [6, 6.07) is 6.38. The summed E-state index contributed by atoms with van der Waals surface area (Å²) in [4.78, 5) is 15.2. The molecule has 1 aromatic heterocycles. The van der Waals surface area contributed by atoms with Crippen LogP contribution < -0.4 is 0 Å². The van der Waals surface area contributed by atoms with Crippen molar-refractivity contribution in [3.8, 4) is 5.69 Å². The molecule has 6 nitrogen and oxygen atoms in total. The first kappa shape index (κ1) is 19.1. The first-order chi connectivity index (χ1) is 13.6. The summed E-state index contributed by atoms with van der Waals surface area (Å²) in [6.07, 6.45) is 1.52. The maximum absolute atomic E-state index is 14.3. The van der Waals surface area contributed by atoms with Crippen molar-refractivity contribution < 1.29 is 18.7 Å². The molecule has 2 aliphatic rings. The molecule has 7 heteroatoms. The minimum atomic E-state index is -0.324. The van der Waals surface area contributed by atoms with Gasteiger partial charge < -0.3 is 14.4 Å². The second-order valence-electron chi connectivity index (χ2n) is 7.46. The van der Waals surface area contributed by atoms with Crippen LogP contribution in [0.4, 0.5) is 4.39 Å². The average molecular weight is 387 g/mol. The normalized spacial score (nSPS) is 21.1. The highest BCUT2D eigenvalue weighted by Gasteiger charge is 2.36. The fourth-order valence-electron chi connectivity index (χ4n) is 4.28. The van der Waals surface area contributed by atoms with Crippen LogP contribution in [0.15, 0.2) is 24.3 Å². The molecule has 28 heavy (non-hydrogen) atoms. The maximum atomic E-state index is 14.3. The Morgan fingerprint density at radius 3 is 2.64 bits per heavy atom. The topological polar surface area (TPSA) is 56.6 Å². The van der Waals surface area contributed by atoms with Crippen LogP contribution in [0.3, 0.4) is 0 Å². The largest absolute Gasteiger partial charge is 0.381 e. The van der Waals surface area contributed by atoms with E-state index in [0.29, 0.717) is 38.7 Å². The van der Waals surface area contributed by atoms with E-state index >= 15 is 0 Å². The molecule has 2 fully saturated rings. The van der Waals surface area contributed by atoms with E-state index in [1.165, 1.54) is 6.07 Å². The van der Waals surface area contributed by atoms with Gasteiger partial charge in [-0.05, 0) is 38.8 Å². The van der Waals surface area contributed by atoms with Gasteiger partial charge in [0.05, 0.1) is 24.9 Å². The Kier molecular flexibility index (Phi) is 5.46. The minimum absolute atomic E-state index is 0.00317. The third-order valence-electron chi connectivity index (χ3n) is 5.74. The summed E-state index contributed by atoms with van der Waals surface area (Å²) in [6.45, 7) is 6.62. The Hall–Kier alpha value is -2.25. The predicted octanol–water partition coefficient (Wildman–Crippen LogP) is 2.95. The van der Waals surface area contributed by atoms with Crippen molar-refractivity contribution in [1.82, 2.24) is 14.7 Å². The molecule has 0 saturated carbocycles. The van der Waals surface area contributed by atoms with Gasteiger partial charge in [-0.2, -0.15) is 5.10 Å². The molecular formula is C21H26FN3O3. The molecule has 1 aromatic carbocycles. The zero-order chi connectivity index (χ0) is 19.7. The van der Waals surface area contributed by atoms with Crippen molar-refractivity contribution in [1.29, 1.82) is 0 Å². The molecule has 0 aliphatic carbocycles. The van der Waals surface area contributed by atoms with Crippen molar-refractivity contribution in [2.24, 2.45) is 5.92 Å². The van der Waals surface area contributed by atoms with Crippen molar-refractivity contribution in [3.05, 3.63) is 47.0 Å². The highest BCUT2D eigenvalue weighted by molar-refractivity contribution is 5.79. The molecule has 0 spiro atoms. The molecule has 4 rings (SSSR count). The second kappa shape index (κ2) is 8.01. The van der Waals surface area contributed by atoms with Gasteiger partial charge in [-0.1, -0.05) is 12.1 Å². The monoisotopic (exact) mass is 387 g/mol. The summed E-state index contributed by atoms with van der Waals surface area (Å²) in [5.74, 6) is -0.166. The highest BCUT2D eigenvalue weighted by Crippen LogP contribution is 2.33. The molecule has 3 heterocycles. The van der Waals surface area contributed by atoms with E-state index in [0.717, 1.165) is 29.8 Å². The number of benzene rings is 1. The van der Waals surface area contributed by atoms with E-state index in [1.807, 2.05) is 18.7 Å². The van der Waals surface area contributed by atoms with E-state index in [4.69, 9.17) is 9.47 Å². The van der Waals surface area contributed by atoms with Gasteiger partial charge in [0.25, 0.3) is 0 Å². The number of carbonyl (C=O) groups is 1. The summed E-state index contributed by atoms with van der Waals surface area (Å²) in [5, 5.41) is 4.59. The minimum Gasteiger partial charge on any atom is -0.381 e.